The molecule has 0 aromatic heterocycles. The van der Waals surface area contributed by atoms with Crippen molar-refractivity contribution in [2.75, 3.05) is 13.7 Å². The van der Waals surface area contributed by atoms with Gasteiger partial charge in [-0.25, -0.2) is 0 Å². The van der Waals surface area contributed by atoms with Crippen molar-refractivity contribution in [2.24, 2.45) is 0 Å². The minimum atomic E-state index is 0.0646. The first-order chi connectivity index (χ1) is 10.1. The maximum absolute atomic E-state index is 12.7. The topological polar surface area (TPSA) is 40.5 Å². The molecule has 1 aliphatic carbocycles. The highest BCUT2D eigenvalue weighted by Gasteiger charge is 2.25. The molecule has 0 spiro atoms. The highest BCUT2D eigenvalue weighted by molar-refractivity contribution is 5.96. The molecule has 1 saturated carbocycles. The lowest BCUT2D eigenvalue weighted by molar-refractivity contribution is 0.0734. The second-order valence-corrected chi connectivity index (χ2v) is 5.66. The van der Waals surface area contributed by atoms with Crippen molar-refractivity contribution in [1.82, 2.24) is 4.90 Å². The Balaban J connectivity index is 2.19. The van der Waals surface area contributed by atoms with Crippen LogP contribution >= 0.6 is 0 Å². The van der Waals surface area contributed by atoms with Gasteiger partial charge in [0.15, 0.2) is 0 Å². The number of rotatable bonds is 3. The smallest absolute Gasteiger partial charge is 0.254 e. The molecule has 0 atom stereocenters. The molecule has 1 fully saturated rings. The SMILES string of the molecule is Cc1ccc(C#CCCO)cc1C(=O)N(C)C1CCCC1. The third-order valence-corrected chi connectivity index (χ3v) is 4.13. The fourth-order valence-electron chi connectivity index (χ4n) is 2.80. The monoisotopic (exact) mass is 285 g/mol. The van der Waals surface area contributed by atoms with Crippen LogP contribution in [0.2, 0.25) is 0 Å². The first kappa shape index (κ1) is 15.6. The van der Waals surface area contributed by atoms with Crippen LogP contribution in [0.15, 0.2) is 18.2 Å². The Kier molecular flexibility index (Phi) is 5.41. The van der Waals surface area contributed by atoms with Crippen LogP contribution in [0.4, 0.5) is 0 Å². The number of nitrogens with zero attached hydrogens (tertiary/aromatic N) is 1. The lowest BCUT2D eigenvalue weighted by Crippen LogP contribution is -2.35. The zero-order chi connectivity index (χ0) is 15.2. The molecule has 112 valence electrons. The summed E-state index contributed by atoms with van der Waals surface area (Å²) >= 11 is 0. The number of benzene rings is 1. The summed E-state index contributed by atoms with van der Waals surface area (Å²) in [6, 6.07) is 6.11. The van der Waals surface area contributed by atoms with Gasteiger partial charge in [-0.05, 0) is 37.5 Å². The highest BCUT2D eigenvalue weighted by Crippen LogP contribution is 2.24. The van der Waals surface area contributed by atoms with Gasteiger partial charge >= 0.3 is 0 Å². The summed E-state index contributed by atoms with van der Waals surface area (Å²) in [6.07, 6.45) is 5.11. The Morgan fingerprint density at radius 1 is 1.38 bits per heavy atom. The third-order valence-electron chi connectivity index (χ3n) is 4.13. The molecule has 1 aromatic rings. The fourth-order valence-corrected chi connectivity index (χ4v) is 2.80. The van der Waals surface area contributed by atoms with Gasteiger partial charge in [-0.2, -0.15) is 0 Å². The number of carbonyl (C=O) groups excluding carboxylic acids is 1. The van der Waals surface area contributed by atoms with E-state index in [1.54, 1.807) is 0 Å². The molecule has 2 rings (SSSR count). The van der Waals surface area contributed by atoms with Gasteiger partial charge in [0.2, 0.25) is 0 Å². The van der Waals surface area contributed by atoms with E-state index in [9.17, 15) is 4.79 Å². The van der Waals surface area contributed by atoms with Gasteiger partial charge in [0.05, 0.1) is 6.61 Å². The van der Waals surface area contributed by atoms with Crippen molar-refractivity contribution < 1.29 is 9.90 Å². The predicted molar refractivity (Wildman–Crippen MR) is 84.1 cm³/mol. The van der Waals surface area contributed by atoms with Crippen LogP contribution in [0.3, 0.4) is 0 Å². The third kappa shape index (κ3) is 3.86. The van der Waals surface area contributed by atoms with E-state index in [4.69, 9.17) is 5.11 Å². The molecule has 0 aliphatic heterocycles. The van der Waals surface area contributed by atoms with Crippen LogP contribution in [-0.2, 0) is 0 Å². The van der Waals surface area contributed by atoms with Gasteiger partial charge in [0, 0.05) is 30.6 Å². The first-order valence-corrected chi connectivity index (χ1v) is 7.61. The average Bonchev–Trinajstić information content (AvgIpc) is 3.02. The van der Waals surface area contributed by atoms with Gasteiger partial charge in [0.1, 0.15) is 0 Å². The normalized spacial score (nSPS) is 14.6. The minimum absolute atomic E-state index is 0.0646. The molecule has 21 heavy (non-hydrogen) atoms. The highest BCUT2D eigenvalue weighted by atomic mass is 16.2. The van der Waals surface area contributed by atoms with Crippen LogP contribution in [-0.4, -0.2) is 35.6 Å². The summed E-state index contributed by atoms with van der Waals surface area (Å²) in [5.41, 5.74) is 2.55. The Bertz CT molecular complexity index is 562. The summed E-state index contributed by atoms with van der Waals surface area (Å²) in [5.74, 6) is 5.98. The quantitative estimate of drug-likeness (QED) is 0.868. The van der Waals surface area contributed by atoms with E-state index in [0.717, 1.165) is 29.5 Å². The molecule has 1 amide bonds. The molecule has 3 heteroatoms. The molecular weight excluding hydrogens is 262 g/mol. The van der Waals surface area contributed by atoms with E-state index < -0.39 is 0 Å². The summed E-state index contributed by atoms with van der Waals surface area (Å²) in [4.78, 5) is 14.6. The summed E-state index contributed by atoms with van der Waals surface area (Å²) < 4.78 is 0. The Labute approximate surface area is 127 Å². The second kappa shape index (κ2) is 7.28. The Hall–Kier alpha value is -1.79. The molecule has 0 unspecified atom stereocenters. The number of carbonyl (C=O) groups is 1. The number of aliphatic hydroxyl groups excluding tert-OH is 1. The molecule has 3 nitrogen and oxygen atoms in total. The molecule has 0 bridgehead atoms. The molecule has 1 aliphatic rings. The summed E-state index contributed by atoms with van der Waals surface area (Å²) in [5, 5.41) is 8.76. The number of hydrogen-bond acceptors (Lipinski definition) is 2. The van der Waals surface area contributed by atoms with Gasteiger partial charge in [-0.3, -0.25) is 4.79 Å². The van der Waals surface area contributed by atoms with Crippen molar-refractivity contribution in [2.45, 2.75) is 45.1 Å². The predicted octanol–water partition coefficient (Wildman–Crippen LogP) is 2.74. The van der Waals surface area contributed by atoms with Crippen molar-refractivity contribution in [1.29, 1.82) is 0 Å². The van der Waals surface area contributed by atoms with E-state index in [2.05, 4.69) is 11.8 Å². The van der Waals surface area contributed by atoms with Crippen molar-refractivity contribution in [3.8, 4) is 11.8 Å². The molecule has 0 radical (unpaired) electrons. The lowest BCUT2D eigenvalue weighted by atomic mass is 10.0. The van der Waals surface area contributed by atoms with E-state index >= 15 is 0 Å². The van der Waals surface area contributed by atoms with Crippen molar-refractivity contribution >= 4 is 5.91 Å². The van der Waals surface area contributed by atoms with E-state index in [1.807, 2.05) is 37.1 Å². The minimum Gasteiger partial charge on any atom is -0.395 e. The maximum Gasteiger partial charge on any atom is 0.254 e. The fraction of sp³-hybridized carbons (Fsp3) is 0.500. The zero-order valence-corrected chi connectivity index (χ0v) is 12.9. The van der Waals surface area contributed by atoms with E-state index in [-0.39, 0.29) is 12.5 Å². The zero-order valence-electron chi connectivity index (χ0n) is 12.9. The molecule has 0 heterocycles. The van der Waals surface area contributed by atoms with Crippen molar-refractivity contribution in [3.05, 3.63) is 34.9 Å². The van der Waals surface area contributed by atoms with E-state index in [1.165, 1.54) is 12.8 Å². The first-order valence-electron chi connectivity index (χ1n) is 7.61. The van der Waals surface area contributed by atoms with Crippen LogP contribution in [0, 0.1) is 18.8 Å². The van der Waals surface area contributed by atoms with Crippen molar-refractivity contribution in [3.63, 3.8) is 0 Å². The summed E-state index contributed by atoms with van der Waals surface area (Å²) in [7, 11) is 1.90. The van der Waals surface area contributed by atoms with Crippen LogP contribution in [0.1, 0.15) is 53.6 Å². The second-order valence-electron chi connectivity index (χ2n) is 5.66. The average molecular weight is 285 g/mol. The van der Waals surface area contributed by atoms with Gasteiger partial charge in [-0.15, -0.1) is 0 Å². The van der Waals surface area contributed by atoms with Gasteiger partial charge in [0.25, 0.3) is 5.91 Å². The number of amides is 1. The number of aryl methyl sites for hydroxylation is 1. The molecule has 1 N–H and O–H groups in total. The van der Waals surface area contributed by atoms with Gasteiger partial charge < -0.3 is 10.0 Å². The molecule has 0 saturated heterocycles. The summed E-state index contributed by atoms with van der Waals surface area (Å²) in [6.45, 7) is 2.02. The van der Waals surface area contributed by atoms with Gasteiger partial charge in [-0.1, -0.05) is 30.7 Å². The number of hydrogen-bond donors (Lipinski definition) is 1. The Morgan fingerprint density at radius 3 is 2.76 bits per heavy atom. The van der Waals surface area contributed by atoms with Crippen LogP contribution in [0.25, 0.3) is 0 Å². The van der Waals surface area contributed by atoms with Crippen LogP contribution < -0.4 is 0 Å². The maximum atomic E-state index is 12.7. The standard InChI is InChI=1S/C18H23NO2/c1-14-10-11-15(7-5-6-12-20)13-17(14)18(21)19(2)16-8-3-4-9-16/h10-11,13,16,20H,3-4,6,8-9,12H2,1-2H3. The largest absolute Gasteiger partial charge is 0.395 e. The molecular formula is C18H23NO2. The Morgan fingerprint density at radius 2 is 2.10 bits per heavy atom. The lowest BCUT2D eigenvalue weighted by Gasteiger charge is -2.25. The number of aliphatic hydroxyl groups is 1. The van der Waals surface area contributed by atoms with E-state index in [0.29, 0.717) is 12.5 Å². The molecule has 1 aromatic carbocycles. The van der Waals surface area contributed by atoms with Crippen LogP contribution in [0.5, 0.6) is 0 Å².